The summed E-state index contributed by atoms with van der Waals surface area (Å²) in [5, 5.41) is 10.3. The van der Waals surface area contributed by atoms with E-state index in [9.17, 15) is 31.9 Å². The third-order valence-electron chi connectivity index (χ3n) is 4.54. The van der Waals surface area contributed by atoms with Crippen LogP contribution in [0.25, 0.3) is 4.85 Å². The molecule has 0 aliphatic heterocycles. The van der Waals surface area contributed by atoms with Gasteiger partial charge in [0.25, 0.3) is 0 Å². The number of aliphatic hydroxyl groups is 1. The Morgan fingerprint density at radius 2 is 1.93 bits per heavy atom. The Morgan fingerprint density at radius 3 is 2.59 bits per heavy atom. The summed E-state index contributed by atoms with van der Waals surface area (Å²) in [5.74, 6) is -14.0. The van der Waals surface area contributed by atoms with Crippen molar-refractivity contribution >= 4 is 11.5 Å². The zero-order valence-electron chi connectivity index (χ0n) is 16.0. The molecule has 4 nitrogen and oxygen atoms in total. The number of hydrogen-bond acceptors (Lipinski definition) is 3. The highest BCUT2D eigenvalue weighted by Crippen LogP contribution is 2.65. The van der Waals surface area contributed by atoms with Crippen LogP contribution in [0.4, 0.5) is 27.6 Å². The number of ether oxygens (including phenoxy) is 1. The molecule has 0 radical (unpaired) electrons. The Hall–Kier alpha value is -2.99. The first kappa shape index (κ1) is 14.1. The number of halogens is 5. The van der Waals surface area contributed by atoms with Crippen molar-refractivity contribution in [3.63, 3.8) is 0 Å². The minimum Gasteiger partial charge on any atom is -0.458 e. The number of rotatable bonds is 2. The Balaban J connectivity index is 1.96. The third-order valence-corrected chi connectivity index (χ3v) is 4.54. The molecule has 2 aliphatic rings. The molecule has 0 spiro atoms. The van der Waals surface area contributed by atoms with Gasteiger partial charge in [0, 0.05) is 17.2 Å². The average Bonchev–Trinajstić information content (AvgIpc) is 3.01. The van der Waals surface area contributed by atoms with Crippen molar-refractivity contribution in [3.8, 4) is 11.5 Å². The van der Waals surface area contributed by atoms with Gasteiger partial charge in [0.2, 0.25) is 0 Å². The smallest absolute Gasteiger partial charge is 0.347 e. The average molecular weight is 384 g/mol. The Kier molecular flexibility index (Phi) is 2.64. The maximum atomic E-state index is 14.3. The molecule has 4 rings (SSSR count). The zero-order valence-corrected chi connectivity index (χ0v) is 13.0. The van der Waals surface area contributed by atoms with E-state index < -0.39 is 87.5 Å². The lowest BCUT2D eigenvalue weighted by Crippen LogP contribution is -2.48. The minimum absolute atomic E-state index is 0.511. The first-order valence-corrected chi connectivity index (χ1v) is 7.35. The van der Waals surface area contributed by atoms with Crippen LogP contribution in [0.15, 0.2) is 30.3 Å². The van der Waals surface area contributed by atoms with Gasteiger partial charge in [-0.25, -0.2) is 9.24 Å². The maximum Gasteiger partial charge on any atom is 0.347 e. The lowest BCUT2D eigenvalue weighted by atomic mass is 9.95. The first-order valence-electron chi connectivity index (χ1n) is 8.85. The molecule has 2 aliphatic carbocycles. The molecule has 9 heteroatoms. The maximum absolute atomic E-state index is 14.3. The van der Waals surface area contributed by atoms with E-state index >= 15 is 0 Å². The summed E-state index contributed by atoms with van der Waals surface area (Å²) in [6.07, 6.45) is -1.35. The molecule has 2 aromatic rings. The summed E-state index contributed by atoms with van der Waals surface area (Å²) in [5.41, 5.74) is -7.39. The molecule has 138 valence electrons. The number of benzene rings is 2. The van der Waals surface area contributed by atoms with Gasteiger partial charge in [-0.3, -0.25) is 4.79 Å². The number of carbonyl (C=O) groups excluding carboxylic acids is 1. The van der Waals surface area contributed by atoms with E-state index in [4.69, 9.17) is 15.4 Å². The second-order valence-corrected chi connectivity index (χ2v) is 6.05. The highest BCUT2D eigenvalue weighted by Gasteiger charge is 2.79. The van der Waals surface area contributed by atoms with Crippen LogP contribution in [0.3, 0.4) is 0 Å². The number of hydrogen-bond donors (Lipinski definition) is 1. The fourth-order valence-corrected chi connectivity index (χ4v) is 3.36. The fourth-order valence-electron chi connectivity index (χ4n) is 3.36. The van der Waals surface area contributed by atoms with Crippen LogP contribution >= 0.6 is 0 Å². The quantitative estimate of drug-likeness (QED) is 0.604. The van der Waals surface area contributed by atoms with E-state index in [1.54, 1.807) is 0 Å². The number of alkyl halides is 4. The number of ketones is 1. The lowest BCUT2D eigenvalue weighted by molar-refractivity contribution is -0.283. The lowest BCUT2D eigenvalue weighted by Gasteiger charge is -2.29. The van der Waals surface area contributed by atoms with E-state index in [-0.39, 0.29) is 0 Å². The minimum atomic E-state index is -4.99. The van der Waals surface area contributed by atoms with Crippen LogP contribution in [0.2, 0.25) is 0 Å². The molecule has 0 bridgehead atoms. The van der Waals surface area contributed by atoms with E-state index in [2.05, 4.69) is 4.85 Å². The predicted molar refractivity (Wildman–Crippen MR) is 80.9 cm³/mol. The van der Waals surface area contributed by atoms with Crippen LogP contribution in [-0.2, 0) is 11.5 Å². The summed E-state index contributed by atoms with van der Waals surface area (Å²) >= 11 is 0. The largest absolute Gasteiger partial charge is 0.458 e. The molecular formula is C18H8F5NO3. The molecule has 0 heterocycles. The molecule has 27 heavy (non-hydrogen) atoms. The number of Topliss-reactive ketones (excluding diaryl/α,β-unsaturated/α-hetero) is 1. The summed E-state index contributed by atoms with van der Waals surface area (Å²) in [4.78, 5) is 15.1. The molecular weight excluding hydrogens is 373 g/mol. The Labute approximate surface area is 152 Å². The van der Waals surface area contributed by atoms with Gasteiger partial charge in [-0.2, -0.15) is 17.6 Å². The summed E-state index contributed by atoms with van der Waals surface area (Å²) in [7, 11) is 0. The normalized spacial score (nSPS) is 25.4. The van der Waals surface area contributed by atoms with Gasteiger partial charge >= 0.3 is 11.8 Å². The second kappa shape index (κ2) is 5.04. The molecule has 1 atom stereocenters. The SMILES string of the molecule is [2H]c1c(F)c([2H])c(Oc2ccc3c4c2C(=O)C[C@]4(O)C(F)(F)C3(F)F)c([2H])c1[N+]#[C-]. The molecule has 0 saturated carbocycles. The van der Waals surface area contributed by atoms with Gasteiger partial charge in [-0.15, -0.1) is 0 Å². The van der Waals surface area contributed by atoms with Crippen molar-refractivity contribution in [1.82, 2.24) is 0 Å². The summed E-state index contributed by atoms with van der Waals surface area (Å²) < 4.78 is 99.3. The topological polar surface area (TPSA) is 50.9 Å². The van der Waals surface area contributed by atoms with Gasteiger partial charge in [-0.1, -0.05) is 0 Å². The van der Waals surface area contributed by atoms with Gasteiger partial charge in [0.1, 0.15) is 17.3 Å². The molecule has 0 amide bonds. The van der Waals surface area contributed by atoms with E-state index in [0.717, 1.165) is 0 Å². The highest BCUT2D eigenvalue weighted by atomic mass is 19.3. The van der Waals surface area contributed by atoms with Crippen molar-refractivity contribution in [2.75, 3.05) is 0 Å². The highest BCUT2D eigenvalue weighted by molar-refractivity contribution is 6.05. The monoisotopic (exact) mass is 384 g/mol. The van der Waals surface area contributed by atoms with Crippen molar-refractivity contribution in [1.29, 1.82) is 0 Å². The van der Waals surface area contributed by atoms with Gasteiger partial charge < -0.3 is 9.84 Å². The predicted octanol–water partition coefficient (Wildman–Crippen LogP) is 4.68. The standard InChI is InChI=1S/C18H8F5NO3/c1-24-9-4-8(19)5-10(6-9)27-13-3-2-11-15-14(13)12(25)7-16(15,26)18(22,23)17(11,20)21/h2-6,26H,7H2/t16-/m1/s1/i4D,5D,6D. The van der Waals surface area contributed by atoms with Gasteiger partial charge in [-0.05, 0) is 24.2 Å². The first-order chi connectivity index (χ1) is 13.8. The van der Waals surface area contributed by atoms with Crippen LogP contribution in [0.1, 0.15) is 32.0 Å². The van der Waals surface area contributed by atoms with Crippen LogP contribution < -0.4 is 4.74 Å². The van der Waals surface area contributed by atoms with Crippen molar-refractivity contribution in [3.05, 3.63) is 64.2 Å². The van der Waals surface area contributed by atoms with Crippen molar-refractivity contribution in [2.45, 2.75) is 23.9 Å². The van der Waals surface area contributed by atoms with Gasteiger partial charge in [0.15, 0.2) is 17.1 Å². The summed E-state index contributed by atoms with van der Waals surface area (Å²) in [6, 6.07) is -1.82. The Bertz CT molecular complexity index is 1210. The zero-order chi connectivity index (χ0) is 22.4. The Morgan fingerprint density at radius 1 is 1.22 bits per heavy atom. The van der Waals surface area contributed by atoms with Crippen molar-refractivity contribution < 1.29 is 40.7 Å². The van der Waals surface area contributed by atoms with Gasteiger partial charge in [0.05, 0.1) is 22.7 Å². The van der Waals surface area contributed by atoms with Crippen LogP contribution in [0, 0.1) is 12.4 Å². The molecule has 1 N–H and O–H groups in total. The number of nitrogens with zero attached hydrogens (tertiary/aromatic N) is 1. The molecule has 0 fully saturated rings. The molecule has 0 unspecified atom stereocenters. The van der Waals surface area contributed by atoms with E-state index in [1.807, 2.05) is 0 Å². The van der Waals surface area contributed by atoms with E-state index in [0.29, 0.717) is 12.1 Å². The molecule has 2 aromatic carbocycles. The fraction of sp³-hybridized carbons (Fsp3) is 0.222. The van der Waals surface area contributed by atoms with Crippen LogP contribution in [0.5, 0.6) is 11.5 Å². The second-order valence-electron chi connectivity index (χ2n) is 6.05. The summed E-state index contributed by atoms with van der Waals surface area (Å²) in [6.45, 7) is 6.95. The molecule has 0 aromatic heterocycles. The van der Waals surface area contributed by atoms with Crippen molar-refractivity contribution in [2.24, 2.45) is 0 Å². The number of carbonyl (C=O) groups is 1. The third kappa shape index (κ3) is 2.01. The van der Waals surface area contributed by atoms with E-state index in [1.165, 1.54) is 0 Å². The molecule has 0 saturated heterocycles. The van der Waals surface area contributed by atoms with Crippen LogP contribution in [-0.4, -0.2) is 16.8 Å².